The number of rotatable bonds is 5. The quantitative estimate of drug-likeness (QED) is 0.725. The molecular weight excluding hydrogens is 380 g/mol. The van der Waals surface area contributed by atoms with E-state index < -0.39 is 38.4 Å². The lowest BCUT2D eigenvalue weighted by Crippen LogP contribution is -2.75. The molecule has 0 aliphatic carbocycles. The number of carbonyl (C=O) groups excluding carboxylic acids is 1. The standard InChI is InChI=1S/C16H28N2O6S2/c1-5-26(22,23)12-9-25-7-6-18(12)16(8-13(19)20)10-17(11-16)14(21)24-15(2,3)4/h12H,5-11H2,1-4H3,(H,19,20). The summed E-state index contributed by atoms with van der Waals surface area (Å²) in [4.78, 5) is 27.0. The second-order valence-corrected chi connectivity index (χ2v) is 11.4. The summed E-state index contributed by atoms with van der Waals surface area (Å²) in [6, 6.07) is 0. The maximum Gasteiger partial charge on any atom is 0.410 e. The van der Waals surface area contributed by atoms with Crippen molar-refractivity contribution in [2.45, 2.75) is 50.6 Å². The van der Waals surface area contributed by atoms with Crippen molar-refractivity contribution in [3.8, 4) is 0 Å². The number of carboxylic acid groups (broad SMARTS) is 1. The highest BCUT2D eigenvalue weighted by atomic mass is 32.2. The Balaban J connectivity index is 2.22. The predicted octanol–water partition coefficient (Wildman–Crippen LogP) is 1.26. The molecule has 150 valence electrons. The SMILES string of the molecule is CCS(=O)(=O)C1CSCCN1C1(CC(=O)O)CN(C(=O)OC(C)(C)C)C1. The van der Waals surface area contributed by atoms with E-state index in [0.29, 0.717) is 12.3 Å². The van der Waals surface area contributed by atoms with Gasteiger partial charge >= 0.3 is 12.1 Å². The first kappa shape index (κ1) is 21.3. The van der Waals surface area contributed by atoms with Gasteiger partial charge < -0.3 is 14.7 Å². The van der Waals surface area contributed by atoms with E-state index >= 15 is 0 Å². The Labute approximate surface area is 159 Å². The number of aliphatic carboxylic acids is 1. The summed E-state index contributed by atoms with van der Waals surface area (Å²) in [5, 5.41) is 8.67. The van der Waals surface area contributed by atoms with Crippen LogP contribution in [0.3, 0.4) is 0 Å². The van der Waals surface area contributed by atoms with Gasteiger partial charge in [0.1, 0.15) is 11.0 Å². The molecule has 8 nitrogen and oxygen atoms in total. The topological polar surface area (TPSA) is 104 Å². The van der Waals surface area contributed by atoms with Crippen molar-refractivity contribution in [1.82, 2.24) is 9.80 Å². The van der Waals surface area contributed by atoms with E-state index in [-0.39, 0.29) is 25.3 Å². The smallest absolute Gasteiger partial charge is 0.410 e. The molecule has 1 unspecified atom stereocenters. The summed E-state index contributed by atoms with van der Waals surface area (Å²) in [7, 11) is -3.35. The molecule has 2 fully saturated rings. The number of carboxylic acids is 1. The molecule has 0 saturated carbocycles. The number of amides is 1. The number of sulfone groups is 1. The van der Waals surface area contributed by atoms with Crippen LogP contribution in [0.15, 0.2) is 0 Å². The zero-order valence-corrected chi connectivity index (χ0v) is 17.4. The number of carbonyl (C=O) groups is 2. The third-order valence-electron chi connectivity index (χ3n) is 4.61. The van der Waals surface area contributed by atoms with Crippen molar-refractivity contribution in [2.24, 2.45) is 0 Å². The average Bonchev–Trinajstić information content (AvgIpc) is 2.48. The van der Waals surface area contributed by atoms with E-state index in [9.17, 15) is 23.1 Å². The first-order chi connectivity index (χ1) is 11.9. The normalized spacial score (nSPS) is 24.0. The van der Waals surface area contributed by atoms with Gasteiger partial charge in [-0.15, -0.1) is 0 Å². The fourth-order valence-corrected chi connectivity index (χ4v) is 6.50. The molecule has 0 aromatic heterocycles. The lowest BCUT2D eigenvalue weighted by molar-refractivity contribution is -0.146. The molecule has 0 spiro atoms. The van der Waals surface area contributed by atoms with Gasteiger partial charge in [-0.2, -0.15) is 11.8 Å². The van der Waals surface area contributed by atoms with Crippen LogP contribution in [0.2, 0.25) is 0 Å². The minimum absolute atomic E-state index is 0.00760. The van der Waals surface area contributed by atoms with Gasteiger partial charge in [0, 0.05) is 36.9 Å². The van der Waals surface area contributed by atoms with Gasteiger partial charge in [-0.1, -0.05) is 6.92 Å². The second-order valence-electron chi connectivity index (χ2n) is 7.81. The van der Waals surface area contributed by atoms with E-state index in [4.69, 9.17) is 4.74 Å². The molecule has 1 atom stereocenters. The van der Waals surface area contributed by atoms with E-state index in [1.807, 2.05) is 0 Å². The van der Waals surface area contributed by atoms with Gasteiger partial charge in [0.05, 0.1) is 12.0 Å². The summed E-state index contributed by atoms with van der Waals surface area (Å²) in [6.45, 7) is 7.71. The number of likely N-dealkylation sites (tertiary alicyclic amines) is 1. The summed E-state index contributed by atoms with van der Waals surface area (Å²) in [5.41, 5.74) is -1.51. The van der Waals surface area contributed by atoms with Crippen LogP contribution in [0, 0.1) is 0 Å². The molecule has 26 heavy (non-hydrogen) atoms. The van der Waals surface area contributed by atoms with Crippen LogP contribution in [0.1, 0.15) is 34.1 Å². The van der Waals surface area contributed by atoms with Gasteiger partial charge in [-0.05, 0) is 20.8 Å². The highest BCUT2D eigenvalue weighted by Crippen LogP contribution is 2.38. The number of hydrogen-bond donors (Lipinski definition) is 1. The largest absolute Gasteiger partial charge is 0.481 e. The number of hydrogen-bond acceptors (Lipinski definition) is 7. The third-order valence-corrected chi connectivity index (χ3v) is 7.90. The Hall–Kier alpha value is -1.00. The Morgan fingerprint density at radius 1 is 1.31 bits per heavy atom. The molecule has 2 saturated heterocycles. The molecule has 0 bridgehead atoms. The van der Waals surface area contributed by atoms with Gasteiger partial charge in [-0.3, -0.25) is 9.69 Å². The molecule has 10 heteroatoms. The zero-order chi connectivity index (χ0) is 19.8. The van der Waals surface area contributed by atoms with E-state index in [1.165, 1.54) is 4.90 Å². The minimum Gasteiger partial charge on any atom is -0.481 e. The molecule has 2 aliphatic rings. The third kappa shape index (κ3) is 4.64. The van der Waals surface area contributed by atoms with Crippen molar-refractivity contribution < 1.29 is 27.9 Å². The average molecular weight is 409 g/mol. The maximum absolute atomic E-state index is 12.5. The predicted molar refractivity (Wildman–Crippen MR) is 100 cm³/mol. The van der Waals surface area contributed by atoms with Gasteiger partial charge in [0.25, 0.3) is 0 Å². The van der Waals surface area contributed by atoms with Crippen molar-refractivity contribution in [2.75, 3.05) is 36.9 Å². The Morgan fingerprint density at radius 2 is 1.92 bits per heavy atom. The summed E-state index contributed by atoms with van der Waals surface area (Å²) in [5.74, 6) is 0.168. The van der Waals surface area contributed by atoms with Crippen LogP contribution in [0.5, 0.6) is 0 Å². The molecule has 2 rings (SSSR count). The van der Waals surface area contributed by atoms with Crippen LogP contribution < -0.4 is 0 Å². The first-order valence-electron chi connectivity index (χ1n) is 8.66. The molecule has 2 heterocycles. The minimum atomic E-state index is -3.35. The Bertz CT molecular complexity index is 652. The van der Waals surface area contributed by atoms with E-state index in [1.54, 1.807) is 44.4 Å². The molecule has 0 aromatic rings. The molecule has 1 amide bonds. The lowest BCUT2D eigenvalue weighted by atomic mass is 9.84. The maximum atomic E-state index is 12.5. The van der Waals surface area contributed by atoms with Crippen molar-refractivity contribution in [3.63, 3.8) is 0 Å². The summed E-state index contributed by atoms with van der Waals surface area (Å²) >= 11 is 1.56. The number of ether oxygens (including phenoxy) is 1. The highest BCUT2D eigenvalue weighted by Gasteiger charge is 2.55. The van der Waals surface area contributed by atoms with Crippen LogP contribution in [0.4, 0.5) is 4.79 Å². The fourth-order valence-electron chi connectivity index (χ4n) is 3.41. The Morgan fingerprint density at radius 3 is 2.42 bits per heavy atom. The zero-order valence-electron chi connectivity index (χ0n) is 15.7. The van der Waals surface area contributed by atoms with Crippen LogP contribution in [-0.4, -0.2) is 88.8 Å². The van der Waals surface area contributed by atoms with Crippen molar-refractivity contribution in [1.29, 1.82) is 0 Å². The summed E-state index contributed by atoms with van der Waals surface area (Å²) < 4.78 is 30.4. The molecule has 0 radical (unpaired) electrons. The molecular formula is C16H28N2O6S2. The first-order valence-corrected chi connectivity index (χ1v) is 11.5. The van der Waals surface area contributed by atoms with E-state index in [2.05, 4.69) is 0 Å². The monoisotopic (exact) mass is 408 g/mol. The fraction of sp³-hybridized carbons (Fsp3) is 0.875. The molecule has 0 aromatic carbocycles. The van der Waals surface area contributed by atoms with Gasteiger partial charge in [0.15, 0.2) is 9.84 Å². The van der Waals surface area contributed by atoms with Gasteiger partial charge in [0.2, 0.25) is 0 Å². The van der Waals surface area contributed by atoms with Crippen molar-refractivity contribution in [3.05, 3.63) is 0 Å². The van der Waals surface area contributed by atoms with Crippen LogP contribution in [0.25, 0.3) is 0 Å². The highest BCUT2D eigenvalue weighted by molar-refractivity contribution is 8.01. The number of thioether (sulfide) groups is 1. The van der Waals surface area contributed by atoms with Crippen molar-refractivity contribution >= 4 is 33.7 Å². The van der Waals surface area contributed by atoms with Crippen LogP contribution in [-0.2, 0) is 19.4 Å². The lowest BCUT2D eigenvalue weighted by Gasteiger charge is -2.57. The number of nitrogens with zero attached hydrogens (tertiary/aromatic N) is 2. The summed E-state index contributed by atoms with van der Waals surface area (Å²) in [6.07, 6.45) is -0.702. The Kier molecular flexibility index (Phi) is 6.19. The molecule has 2 aliphatic heterocycles. The van der Waals surface area contributed by atoms with E-state index in [0.717, 1.165) is 5.75 Å². The van der Waals surface area contributed by atoms with Crippen LogP contribution >= 0.6 is 11.8 Å². The second kappa shape index (κ2) is 7.55. The molecule has 1 N–H and O–H groups in total. The van der Waals surface area contributed by atoms with Gasteiger partial charge in [-0.25, -0.2) is 13.2 Å².